The van der Waals surface area contributed by atoms with Crippen LogP contribution in [-0.4, -0.2) is 51.1 Å². The normalized spacial score (nSPS) is 15.0. The SMILES string of the molecule is CN(C)c1ccc([C@@H](CNC(=O)COc2ccc3ccccc3c2)N2CCCC2)cc1. The summed E-state index contributed by atoms with van der Waals surface area (Å²) in [4.78, 5) is 17.1. The molecule has 0 aliphatic carbocycles. The van der Waals surface area contributed by atoms with Gasteiger partial charge in [0.2, 0.25) is 0 Å². The topological polar surface area (TPSA) is 44.8 Å². The summed E-state index contributed by atoms with van der Waals surface area (Å²) < 4.78 is 5.75. The van der Waals surface area contributed by atoms with Gasteiger partial charge in [-0.15, -0.1) is 0 Å². The molecule has 1 aliphatic heterocycles. The van der Waals surface area contributed by atoms with Crippen molar-refractivity contribution in [3.05, 3.63) is 72.3 Å². The van der Waals surface area contributed by atoms with Gasteiger partial charge < -0.3 is 15.0 Å². The zero-order valence-electron chi connectivity index (χ0n) is 18.4. The maximum absolute atomic E-state index is 12.5. The van der Waals surface area contributed by atoms with Crippen LogP contribution in [0.3, 0.4) is 0 Å². The lowest BCUT2D eigenvalue weighted by Crippen LogP contribution is -2.38. The average Bonchev–Trinajstić information content (AvgIpc) is 3.32. The molecule has 0 unspecified atom stereocenters. The van der Waals surface area contributed by atoms with Crippen LogP contribution in [-0.2, 0) is 4.79 Å². The Morgan fingerprint density at radius 1 is 1.00 bits per heavy atom. The summed E-state index contributed by atoms with van der Waals surface area (Å²) in [6.45, 7) is 2.75. The molecular weight excluding hydrogens is 386 g/mol. The minimum Gasteiger partial charge on any atom is -0.484 e. The number of likely N-dealkylation sites (tertiary alicyclic amines) is 1. The van der Waals surface area contributed by atoms with Crippen LogP contribution in [0.2, 0.25) is 0 Å². The van der Waals surface area contributed by atoms with Crippen molar-refractivity contribution in [3.63, 3.8) is 0 Å². The highest BCUT2D eigenvalue weighted by Crippen LogP contribution is 2.26. The molecule has 0 spiro atoms. The number of nitrogens with zero attached hydrogens (tertiary/aromatic N) is 2. The first-order valence-electron chi connectivity index (χ1n) is 11.0. The van der Waals surface area contributed by atoms with Crippen LogP contribution in [0.4, 0.5) is 5.69 Å². The molecule has 1 N–H and O–H groups in total. The van der Waals surface area contributed by atoms with Crippen LogP contribution in [0.15, 0.2) is 66.7 Å². The molecule has 1 saturated heterocycles. The van der Waals surface area contributed by atoms with Crippen molar-refractivity contribution in [2.24, 2.45) is 0 Å². The number of nitrogens with one attached hydrogen (secondary N) is 1. The first kappa shape index (κ1) is 21.2. The summed E-state index contributed by atoms with van der Waals surface area (Å²) in [5.74, 6) is 0.617. The predicted molar refractivity (Wildman–Crippen MR) is 127 cm³/mol. The van der Waals surface area contributed by atoms with Crippen LogP contribution in [0.1, 0.15) is 24.4 Å². The number of amides is 1. The summed E-state index contributed by atoms with van der Waals surface area (Å²) in [6.07, 6.45) is 2.43. The number of benzene rings is 3. The fourth-order valence-electron chi connectivity index (χ4n) is 4.17. The maximum Gasteiger partial charge on any atom is 0.258 e. The number of rotatable bonds is 8. The maximum atomic E-state index is 12.5. The van der Waals surface area contributed by atoms with Gasteiger partial charge in [-0.3, -0.25) is 9.69 Å². The molecule has 1 aliphatic rings. The molecule has 1 heterocycles. The van der Waals surface area contributed by atoms with Crippen molar-refractivity contribution >= 4 is 22.4 Å². The van der Waals surface area contributed by atoms with Gasteiger partial charge in [0.05, 0.1) is 6.04 Å². The lowest BCUT2D eigenvalue weighted by atomic mass is 10.0. The van der Waals surface area contributed by atoms with Crippen molar-refractivity contribution in [3.8, 4) is 5.75 Å². The van der Waals surface area contributed by atoms with Crippen molar-refractivity contribution in [2.45, 2.75) is 18.9 Å². The molecule has 1 atom stereocenters. The van der Waals surface area contributed by atoms with E-state index in [1.807, 2.05) is 50.5 Å². The second-order valence-corrected chi connectivity index (χ2v) is 8.35. The molecule has 4 rings (SSSR count). The van der Waals surface area contributed by atoms with Gasteiger partial charge in [-0.05, 0) is 66.5 Å². The van der Waals surface area contributed by atoms with E-state index in [9.17, 15) is 4.79 Å². The van der Waals surface area contributed by atoms with Crippen molar-refractivity contribution in [1.29, 1.82) is 0 Å². The van der Waals surface area contributed by atoms with E-state index in [-0.39, 0.29) is 18.6 Å². The molecule has 162 valence electrons. The molecule has 0 saturated carbocycles. The average molecular weight is 418 g/mol. The molecule has 1 fully saturated rings. The highest BCUT2D eigenvalue weighted by atomic mass is 16.5. The van der Waals surface area contributed by atoms with Crippen LogP contribution < -0.4 is 15.0 Å². The summed E-state index contributed by atoms with van der Waals surface area (Å²) in [5, 5.41) is 5.35. The Morgan fingerprint density at radius 3 is 2.42 bits per heavy atom. The number of hydrogen-bond donors (Lipinski definition) is 1. The Bertz CT molecular complexity index is 1010. The largest absolute Gasteiger partial charge is 0.484 e. The third-order valence-corrected chi connectivity index (χ3v) is 5.96. The summed E-state index contributed by atoms with van der Waals surface area (Å²) in [5.41, 5.74) is 2.42. The fourth-order valence-corrected chi connectivity index (χ4v) is 4.17. The van der Waals surface area contributed by atoms with Crippen LogP contribution >= 0.6 is 0 Å². The predicted octanol–water partition coefficient (Wildman–Crippen LogP) is 4.24. The monoisotopic (exact) mass is 417 g/mol. The van der Waals surface area contributed by atoms with Gasteiger partial charge in [0.1, 0.15) is 5.75 Å². The molecule has 31 heavy (non-hydrogen) atoms. The highest BCUT2D eigenvalue weighted by Gasteiger charge is 2.24. The van der Waals surface area contributed by atoms with E-state index in [1.54, 1.807) is 0 Å². The van der Waals surface area contributed by atoms with E-state index >= 15 is 0 Å². The van der Waals surface area contributed by atoms with Crippen molar-refractivity contribution in [1.82, 2.24) is 10.2 Å². The lowest BCUT2D eigenvalue weighted by molar-refractivity contribution is -0.123. The van der Waals surface area contributed by atoms with E-state index in [0.29, 0.717) is 12.3 Å². The van der Waals surface area contributed by atoms with E-state index in [2.05, 4.69) is 45.4 Å². The highest BCUT2D eigenvalue weighted by molar-refractivity contribution is 5.84. The summed E-state index contributed by atoms with van der Waals surface area (Å²) in [7, 11) is 4.09. The lowest BCUT2D eigenvalue weighted by Gasteiger charge is -2.28. The molecule has 1 amide bonds. The van der Waals surface area contributed by atoms with E-state index in [1.165, 1.54) is 24.1 Å². The number of hydrogen-bond acceptors (Lipinski definition) is 4. The quantitative estimate of drug-likeness (QED) is 0.596. The fraction of sp³-hybridized carbons (Fsp3) is 0.346. The molecule has 3 aromatic rings. The zero-order chi connectivity index (χ0) is 21.6. The van der Waals surface area contributed by atoms with Gasteiger partial charge in [-0.25, -0.2) is 0 Å². The molecule has 5 nitrogen and oxygen atoms in total. The summed E-state index contributed by atoms with van der Waals surface area (Å²) >= 11 is 0. The number of ether oxygens (including phenoxy) is 1. The van der Waals surface area contributed by atoms with Crippen LogP contribution in [0.5, 0.6) is 5.75 Å². The molecule has 5 heteroatoms. The Kier molecular flexibility index (Phi) is 6.73. The second-order valence-electron chi connectivity index (χ2n) is 8.35. The molecule has 0 bridgehead atoms. The van der Waals surface area contributed by atoms with Crippen molar-refractivity contribution < 1.29 is 9.53 Å². The zero-order valence-corrected chi connectivity index (χ0v) is 18.4. The Balaban J connectivity index is 1.36. The molecule has 3 aromatic carbocycles. The van der Waals surface area contributed by atoms with Gasteiger partial charge in [0.25, 0.3) is 5.91 Å². The van der Waals surface area contributed by atoms with Gasteiger partial charge >= 0.3 is 0 Å². The van der Waals surface area contributed by atoms with Gasteiger partial charge in [-0.1, -0.05) is 42.5 Å². The summed E-state index contributed by atoms with van der Waals surface area (Å²) in [6, 6.07) is 22.9. The Hall–Kier alpha value is -3.05. The van der Waals surface area contributed by atoms with Crippen LogP contribution in [0.25, 0.3) is 10.8 Å². The number of carbonyl (C=O) groups is 1. The number of carbonyl (C=O) groups excluding carboxylic acids is 1. The second kappa shape index (κ2) is 9.84. The first-order chi connectivity index (χ1) is 15.1. The first-order valence-corrected chi connectivity index (χ1v) is 11.0. The molecule has 0 aromatic heterocycles. The molecular formula is C26H31N3O2. The minimum absolute atomic E-state index is 0.0185. The van der Waals surface area contributed by atoms with E-state index in [0.717, 1.165) is 23.9 Å². The standard InChI is InChI=1S/C26H31N3O2/c1-28(2)23-12-9-21(10-13-23)25(29-15-5-6-16-29)18-27-26(30)19-31-24-14-11-20-7-3-4-8-22(20)17-24/h3-4,7-14,17,25H,5-6,15-16,18-19H2,1-2H3,(H,27,30)/t25-/m1/s1. The van der Waals surface area contributed by atoms with Gasteiger partial charge in [0, 0.05) is 26.3 Å². The Labute approximate surface area is 184 Å². The molecule has 0 radical (unpaired) electrons. The van der Waals surface area contributed by atoms with Gasteiger partial charge in [-0.2, -0.15) is 0 Å². The van der Waals surface area contributed by atoms with Crippen LogP contribution in [0, 0.1) is 0 Å². The number of anilines is 1. The van der Waals surface area contributed by atoms with E-state index in [4.69, 9.17) is 4.74 Å². The third-order valence-electron chi connectivity index (χ3n) is 5.96. The van der Waals surface area contributed by atoms with E-state index < -0.39 is 0 Å². The van der Waals surface area contributed by atoms with Gasteiger partial charge in [0.15, 0.2) is 6.61 Å². The third kappa shape index (κ3) is 5.36. The smallest absolute Gasteiger partial charge is 0.258 e. The van der Waals surface area contributed by atoms with Crippen molar-refractivity contribution in [2.75, 3.05) is 45.2 Å². The number of fused-ring (bicyclic) bond motifs is 1. The minimum atomic E-state index is -0.0951. The Morgan fingerprint density at radius 2 is 1.71 bits per heavy atom.